The molecule has 1 aliphatic heterocycles. The van der Waals surface area contributed by atoms with E-state index >= 15 is 0 Å². The Kier molecular flexibility index (Phi) is 4.07. The summed E-state index contributed by atoms with van der Waals surface area (Å²) in [6.45, 7) is 3.17. The third kappa shape index (κ3) is 2.19. The van der Waals surface area contributed by atoms with E-state index in [-0.39, 0.29) is 17.3 Å². The molecular weight excluding hydrogens is 296 g/mol. The van der Waals surface area contributed by atoms with Gasteiger partial charge in [0.15, 0.2) is 0 Å². The summed E-state index contributed by atoms with van der Waals surface area (Å²) in [5.74, 6) is -0.300. The van der Waals surface area contributed by atoms with Crippen molar-refractivity contribution in [3.8, 4) is 0 Å². The van der Waals surface area contributed by atoms with Gasteiger partial charge in [-0.2, -0.15) is 0 Å². The zero-order chi connectivity index (χ0) is 13.2. The van der Waals surface area contributed by atoms with Gasteiger partial charge in [0.05, 0.1) is 31.7 Å². The molecule has 0 radical (unpaired) electrons. The Balaban J connectivity index is 2.38. The Hall–Kier alpha value is -0.870. The fourth-order valence-corrected chi connectivity index (χ4v) is 3.01. The van der Waals surface area contributed by atoms with Gasteiger partial charge in [0.2, 0.25) is 0 Å². The molecule has 0 aromatic heterocycles. The Bertz CT molecular complexity index is 440. The van der Waals surface area contributed by atoms with Crippen LogP contribution in [-0.4, -0.2) is 26.3 Å². The molecule has 0 saturated carbocycles. The van der Waals surface area contributed by atoms with Crippen LogP contribution in [0.3, 0.4) is 0 Å². The van der Waals surface area contributed by atoms with Crippen LogP contribution in [0.25, 0.3) is 0 Å². The van der Waals surface area contributed by atoms with Gasteiger partial charge in [0, 0.05) is 4.47 Å². The fraction of sp³-hybridized carbons (Fsp3) is 0.500. The first-order valence-corrected chi connectivity index (χ1v) is 6.85. The molecule has 3 nitrogen and oxygen atoms in total. The van der Waals surface area contributed by atoms with Crippen LogP contribution in [0.15, 0.2) is 28.7 Å². The summed E-state index contributed by atoms with van der Waals surface area (Å²) in [4.78, 5) is 12.0. The summed E-state index contributed by atoms with van der Waals surface area (Å²) in [6, 6.07) is 8.09. The van der Waals surface area contributed by atoms with E-state index in [1.54, 1.807) is 0 Å². The van der Waals surface area contributed by atoms with Gasteiger partial charge in [-0.05, 0) is 24.1 Å². The van der Waals surface area contributed by atoms with Crippen LogP contribution in [0, 0.1) is 5.92 Å². The minimum atomic E-state index is -0.231. The number of halogens is 1. The molecule has 0 spiro atoms. The first kappa shape index (κ1) is 13.6. The number of methoxy groups -OCH3 is 1. The molecule has 98 valence electrons. The van der Waals surface area contributed by atoms with Gasteiger partial charge in [0.25, 0.3) is 0 Å². The minimum Gasteiger partial charge on any atom is -0.469 e. The van der Waals surface area contributed by atoms with Crippen LogP contribution in [0.4, 0.5) is 0 Å². The predicted octanol–water partition coefficient (Wildman–Crippen LogP) is 2.92. The average Bonchev–Trinajstić information content (AvgIpc) is 2.32. The van der Waals surface area contributed by atoms with Crippen molar-refractivity contribution in [3.05, 3.63) is 34.3 Å². The first-order valence-electron chi connectivity index (χ1n) is 6.05. The van der Waals surface area contributed by atoms with Crippen molar-refractivity contribution in [1.29, 1.82) is 0 Å². The summed E-state index contributed by atoms with van der Waals surface area (Å²) >= 11 is 3.48. The van der Waals surface area contributed by atoms with Gasteiger partial charge >= 0.3 is 5.97 Å². The van der Waals surface area contributed by atoms with Crippen LogP contribution < -0.4 is 0 Å². The molecule has 0 N–H and O–H groups in total. The number of hydrogen-bond acceptors (Lipinski definition) is 3. The Labute approximate surface area is 116 Å². The van der Waals surface area contributed by atoms with Crippen LogP contribution in [0.1, 0.15) is 18.9 Å². The molecule has 1 heterocycles. The molecule has 1 saturated heterocycles. The molecule has 1 aromatic rings. The second kappa shape index (κ2) is 5.41. The monoisotopic (exact) mass is 312 g/mol. The smallest absolute Gasteiger partial charge is 0.309 e. The molecule has 0 aliphatic carbocycles. The number of rotatable bonds is 4. The number of esters is 1. The standard InChI is InChI=1S/C14H17BrO3/c1-3-12(13(16)17-2)14(8-18-9-14)10-5-4-6-11(15)7-10/h4-7,12H,3,8-9H2,1-2H3. The predicted molar refractivity (Wildman–Crippen MR) is 72.4 cm³/mol. The highest BCUT2D eigenvalue weighted by molar-refractivity contribution is 9.10. The summed E-state index contributed by atoms with van der Waals surface area (Å²) in [5, 5.41) is 0. The number of ether oxygens (including phenoxy) is 2. The number of hydrogen-bond donors (Lipinski definition) is 0. The Morgan fingerprint density at radius 1 is 1.56 bits per heavy atom. The summed E-state index contributed by atoms with van der Waals surface area (Å²) in [5.41, 5.74) is 0.909. The van der Waals surface area contributed by atoms with Crippen LogP contribution in [0.2, 0.25) is 0 Å². The van der Waals surface area contributed by atoms with E-state index in [9.17, 15) is 4.79 Å². The summed E-state index contributed by atoms with van der Waals surface area (Å²) in [7, 11) is 1.44. The number of carbonyl (C=O) groups excluding carboxylic acids is 1. The van der Waals surface area contributed by atoms with Crippen LogP contribution in [-0.2, 0) is 19.7 Å². The highest BCUT2D eigenvalue weighted by atomic mass is 79.9. The third-order valence-electron chi connectivity index (χ3n) is 3.68. The molecule has 1 aromatic carbocycles. The molecule has 0 amide bonds. The summed E-state index contributed by atoms with van der Waals surface area (Å²) in [6.07, 6.45) is 0.753. The van der Waals surface area contributed by atoms with Crippen molar-refractivity contribution in [2.45, 2.75) is 18.8 Å². The zero-order valence-corrected chi connectivity index (χ0v) is 12.2. The average molecular weight is 313 g/mol. The summed E-state index contributed by atoms with van der Waals surface area (Å²) < 4.78 is 11.3. The molecule has 4 heteroatoms. The molecule has 2 rings (SSSR count). The van der Waals surface area contributed by atoms with Crippen LogP contribution >= 0.6 is 15.9 Å². The highest BCUT2D eigenvalue weighted by Crippen LogP contribution is 2.42. The molecule has 0 bridgehead atoms. The minimum absolute atomic E-state index is 0.148. The normalized spacial score (nSPS) is 18.8. The quantitative estimate of drug-likeness (QED) is 0.802. The number of carbonyl (C=O) groups is 1. The second-order valence-electron chi connectivity index (χ2n) is 4.64. The Morgan fingerprint density at radius 2 is 2.28 bits per heavy atom. The lowest BCUT2D eigenvalue weighted by Crippen LogP contribution is -2.54. The highest BCUT2D eigenvalue weighted by Gasteiger charge is 2.50. The van der Waals surface area contributed by atoms with Gasteiger partial charge in [0.1, 0.15) is 0 Å². The maximum absolute atomic E-state index is 12.0. The van der Waals surface area contributed by atoms with Crippen molar-refractivity contribution >= 4 is 21.9 Å². The molecule has 1 unspecified atom stereocenters. The molecular formula is C14H17BrO3. The van der Waals surface area contributed by atoms with E-state index < -0.39 is 0 Å². The van der Waals surface area contributed by atoms with E-state index in [2.05, 4.69) is 28.1 Å². The number of benzene rings is 1. The van der Waals surface area contributed by atoms with Crippen molar-refractivity contribution in [2.24, 2.45) is 5.92 Å². The zero-order valence-electron chi connectivity index (χ0n) is 10.6. The maximum Gasteiger partial charge on any atom is 0.309 e. The van der Waals surface area contributed by atoms with Gasteiger partial charge < -0.3 is 9.47 Å². The van der Waals surface area contributed by atoms with E-state index in [1.807, 2.05) is 19.1 Å². The lowest BCUT2D eigenvalue weighted by molar-refractivity contribution is -0.160. The van der Waals surface area contributed by atoms with Gasteiger partial charge in [-0.15, -0.1) is 0 Å². The van der Waals surface area contributed by atoms with Crippen molar-refractivity contribution in [1.82, 2.24) is 0 Å². The largest absolute Gasteiger partial charge is 0.469 e. The lowest BCUT2D eigenvalue weighted by Gasteiger charge is -2.46. The van der Waals surface area contributed by atoms with E-state index in [1.165, 1.54) is 7.11 Å². The fourth-order valence-electron chi connectivity index (χ4n) is 2.61. The molecule has 1 aliphatic rings. The van der Waals surface area contributed by atoms with Gasteiger partial charge in [-0.3, -0.25) is 4.79 Å². The SMILES string of the molecule is CCC(C(=O)OC)C1(c2cccc(Br)c2)COC1. The van der Waals surface area contributed by atoms with E-state index in [0.717, 1.165) is 16.5 Å². The lowest BCUT2D eigenvalue weighted by atomic mass is 9.67. The first-order chi connectivity index (χ1) is 8.64. The topological polar surface area (TPSA) is 35.5 Å². The second-order valence-corrected chi connectivity index (χ2v) is 5.56. The van der Waals surface area contributed by atoms with E-state index in [0.29, 0.717) is 13.2 Å². The van der Waals surface area contributed by atoms with Gasteiger partial charge in [-0.25, -0.2) is 0 Å². The van der Waals surface area contributed by atoms with Crippen molar-refractivity contribution < 1.29 is 14.3 Å². The van der Waals surface area contributed by atoms with Crippen molar-refractivity contribution in [2.75, 3.05) is 20.3 Å². The maximum atomic E-state index is 12.0. The van der Waals surface area contributed by atoms with Crippen LogP contribution in [0.5, 0.6) is 0 Å². The third-order valence-corrected chi connectivity index (χ3v) is 4.17. The molecule has 18 heavy (non-hydrogen) atoms. The molecule has 1 atom stereocenters. The van der Waals surface area contributed by atoms with Gasteiger partial charge in [-0.1, -0.05) is 35.0 Å². The van der Waals surface area contributed by atoms with Crippen molar-refractivity contribution in [3.63, 3.8) is 0 Å². The molecule has 1 fully saturated rings. The Morgan fingerprint density at radius 3 is 2.72 bits per heavy atom. The van der Waals surface area contributed by atoms with E-state index in [4.69, 9.17) is 9.47 Å².